The van der Waals surface area contributed by atoms with Crippen LogP contribution in [0.4, 0.5) is 4.79 Å². The van der Waals surface area contributed by atoms with E-state index in [-0.39, 0.29) is 12.1 Å². The fourth-order valence-electron chi connectivity index (χ4n) is 1.89. The SMILES string of the molecule is CN1C(=O)N=C(N)C1CCc1ccccc1. The van der Waals surface area contributed by atoms with Crippen molar-refractivity contribution in [1.29, 1.82) is 0 Å². The van der Waals surface area contributed by atoms with Crippen molar-refractivity contribution in [3.05, 3.63) is 35.9 Å². The molecule has 0 saturated carbocycles. The minimum absolute atomic E-state index is 0.0484. The molecule has 2 rings (SSSR count). The number of nitrogens with two attached hydrogens (primary N) is 1. The first kappa shape index (κ1) is 10.7. The zero-order valence-corrected chi connectivity index (χ0v) is 9.26. The Morgan fingerprint density at radius 3 is 2.62 bits per heavy atom. The summed E-state index contributed by atoms with van der Waals surface area (Å²) in [6, 6.07) is 9.87. The minimum Gasteiger partial charge on any atom is -0.385 e. The highest BCUT2D eigenvalue weighted by atomic mass is 16.2. The van der Waals surface area contributed by atoms with Crippen LogP contribution in [0.5, 0.6) is 0 Å². The Bertz CT molecular complexity index is 414. The first-order valence-electron chi connectivity index (χ1n) is 5.33. The minimum atomic E-state index is -0.240. The van der Waals surface area contributed by atoms with Gasteiger partial charge in [-0.3, -0.25) is 0 Å². The summed E-state index contributed by atoms with van der Waals surface area (Å²) < 4.78 is 0. The van der Waals surface area contributed by atoms with Crippen LogP contribution in [-0.2, 0) is 6.42 Å². The number of amides is 2. The summed E-state index contributed by atoms with van der Waals surface area (Å²) in [6.45, 7) is 0. The van der Waals surface area contributed by atoms with Gasteiger partial charge in [0, 0.05) is 7.05 Å². The fourth-order valence-corrected chi connectivity index (χ4v) is 1.89. The Morgan fingerprint density at radius 1 is 1.38 bits per heavy atom. The van der Waals surface area contributed by atoms with E-state index in [9.17, 15) is 4.79 Å². The Labute approximate surface area is 94.8 Å². The molecular formula is C12H15N3O. The third kappa shape index (κ3) is 2.05. The second-order valence-electron chi connectivity index (χ2n) is 3.97. The maximum absolute atomic E-state index is 11.3. The maximum atomic E-state index is 11.3. The van der Waals surface area contributed by atoms with E-state index in [2.05, 4.69) is 17.1 Å². The lowest BCUT2D eigenvalue weighted by Gasteiger charge is -2.19. The lowest BCUT2D eigenvalue weighted by Crippen LogP contribution is -2.38. The van der Waals surface area contributed by atoms with E-state index in [0.717, 1.165) is 12.8 Å². The van der Waals surface area contributed by atoms with Crippen LogP contribution in [0.3, 0.4) is 0 Å². The highest BCUT2D eigenvalue weighted by molar-refractivity contribution is 6.02. The quantitative estimate of drug-likeness (QED) is 0.832. The first-order valence-corrected chi connectivity index (χ1v) is 5.33. The van der Waals surface area contributed by atoms with Gasteiger partial charge in [0.15, 0.2) is 0 Å². The number of aliphatic imine (C=N–C) groups is 1. The normalized spacial score (nSPS) is 20.1. The first-order chi connectivity index (χ1) is 7.68. The number of rotatable bonds is 3. The van der Waals surface area contributed by atoms with Gasteiger partial charge in [0.2, 0.25) is 0 Å². The van der Waals surface area contributed by atoms with E-state index in [4.69, 9.17) is 5.73 Å². The number of amidine groups is 1. The zero-order chi connectivity index (χ0) is 11.5. The van der Waals surface area contributed by atoms with Crippen LogP contribution in [0.15, 0.2) is 35.3 Å². The Hall–Kier alpha value is -1.84. The molecule has 0 spiro atoms. The monoisotopic (exact) mass is 217 g/mol. The summed E-state index contributed by atoms with van der Waals surface area (Å²) in [4.78, 5) is 16.6. The van der Waals surface area contributed by atoms with Crippen LogP contribution in [0.1, 0.15) is 12.0 Å². The number of urea groups is 1. The average Bonchev–Trinajstić information content (AvgIpc) is 2.53. The van der Waals surface area contributed by atoms with Crippen molar-refractivity contribution in [3.8, 4) is 0 Å². The predicted octanol–water partition coefficient (Wildman–Crippen LogP) is 1.41. The van der Waals surface area contributed by atoms with Crippen molar-refractivity contribution in [2.45, 2.75) is 18.9 Å². The molecule has 1 atom stereocenters. The number of hydrogen-bond donors (Lipinski definition) is 1. The Balaban J connectivity index is 1.97. The van der Waals surface area contributed by atoms with Crippen LogP contribution < -0.4 is 5.73 Å². The van der Waals surface area contributed by atoms with Crippen molar-refractivity contribution < 1.29 is 4.79 Å². The molecule has 1 unspecified atom stereocenters. The molecule has 1 aromatic rings. The van der Waals surface area contributed by atoms with Crippen LogP contribution in [0, 0.1) is 0 Å². The number of benzene rings is 1. The second-order valence-corrected chi connectivity index (χ2v) is 3.97. The summed E-state index contributed by atoms with van der Waals surface area (Å²) in [5, 5.41) is 0. The standard InChI is InChI=1S/C12H15N3O/c1-15-10(11(13)14-12(15)16)8-7-9-5-3-2-4-6-9/h2-6,10H,7-8H2,1H3,(H2,13,14,16). The van der Waals surface area contributed by atoms with Gasteiger partial charge in [-0.1, -0.05) is 30.3 Å². The van der Waals surface area contributed by atoms with Gasteiger partial charge in [-0.2, -0.15) is 4.99 Å². The van der Waals surface area contributed by atoms with Gasteiger partial charge in [0.1, 0.15) is 5.84 Å². The van der Waals surface area contributed by atoms with Crippen molar-refractivity contribution >= 4 is 11.9 Å². The lowest BCUT2D eigenvalue weighted by atomic mass is 10.0. The summed E-state index contributed by atoms with van der Waals surface area (Å²) in [6.07, 6.45) is 1.72. The zero-order valence-electron chi connectivity index (χ0n) is 9.26. The summed E-state index contributed by atoms with van der Waals surface area (Å²) >= 11 is 0. The molecule has 0 fully saturated rings. The van der Waals surface area contributed by atoms with Crippen molar-refractivity contribution in [1.82, 2.24) is 4.90 Å². The summed E-state index contributed by atoms with van der Waals surface area (Å²) in [5.41, 5.74) is 6.96. The Morgan fingerprint density at radius 2 is 2.06 bits per heavy atom. The van der Waals surface area contributed by atoms with Gasteiger partial charge in [-0.25, -0.2) is 4.79 Å². The second kappa shape index (κ2) is 4.35. The van der Waals surface area contributed by atoms with E-state index in [1.165, 1.54) is 5.56 Å². The average molecular weight is 217 g/mol. The molecule has 0 saturated heterocycles. The fraction of sp³-hybridized carbons (Fsp3) is 0.333. The molecule has 1 heterocycles. The number of aryl methyl sites for hydroxylation is 1. The number of carbonyl (C=O) groups is 1. The number of hydrogen-bond acceptors (Lipinski definition) is 2. The smallest absolute Gasteiger partial charge is 0.345 e. The van der Waals surface area contributed by atoms with Crippen LogP contribution in [0.25, 0.3) is 0 Å². The van der Waals surface area contributed by atoms with Gasteiger partial charge in [-0.15, -0.1) is 0 Å². The molecule has 0 bridgehead atoms. The lowest BCUT2D eigenvalue weighted by molar-refractivity contribution is 0.217. The van der Waals surface area contributed by atoms with E-state index in [1.54, 1.807) is 11.9 Å². The topological polar surface area (TPSA) is 58.7 Å². The molecule has 0 aromatic heterocycles. The van der Waals surface area contributed by atoms with Crippen molar-refractivity contribution in [3.63, 3.8) is 0 Å². The highest BCUT2D eigenvalue weighted by Crippen LogP contribution is 2.14. The Kier molecular flexibility index (Phi) is 2.90. The van der Waals surface area contributed by atoms with Crippen molar-refractivity contribution in [2.24, 2.45) is 10.7 Å². The molecule has 1 aliphatic rings. The molecule has 16 heavy (non-hydrogen) atoms. The number of likely N-dealkylation sites (N-methyl/N-ethyl adjacent to an activating group) is 1. The third-order valence-corrected chi connectivity index (χ3v) is 2.88. The molecule has 2 amide bonds. The molecule has 84 valence electrons. The van der Waals surface area contributed by atoms with Crippen LogP contribution in [0.2, 0.25) is 0 Å². The van der Waals surface area contributed by atoms with Gasteiger partial charge < -0.3 is 10.6 Å². The third-order valence-electron chi connectivity index (χ3n) is 2.88. The molecule has 2 N–H and O–H groups in total. The number of nitrogens with zero attached hydrogens (tertiary/aromatic N) is 2. The predicted molar refractivity (Wildman–Crippen MR) is 63.3 cm³/mol. The van der Waals surface area contributed by atoms with Crippen molar-refractivity contribution in [2.75, 3.05) is 7.05 Å². The largest absolute Gasteiger partial charge is 0.385 e. The van der Waals surface area contributed by atoms with E-state index in [1.807, 2.05) is 18.2 Å². The number of carbonyl (C=O) groups excluding carboxylic acids is 1. The van der Waals surface area contributed by atoms with Crippen LogP contribution >= 0.6 is 0 Å². The maximum Gasteiger partial charge on any atom is 0.345 e. The molecule has 4 heteroatoms. The molecule has 1 aromatic carbocycles. The summed E-state index contributed by atoms with van der Waals surface area (Å²) in [5.74, 6) is 0.434. The van der Waals surface area contributed by atoms with Crippen LogP contribution in [-0.4, -0.2) is 29.9 Å². The molecular weight excluding hydrogens is 202 g/mol. The molecule has 4 nitrogen and oxygen atoms in total. The molecule has 0 aliphatic carbocycles. The summed E-state index contributed by atoms with van der Waals surface area (Å²) in [7, 11) is 1.74. The highest BCUT2D eigenvalue weighted by Gasteiger charge is 2.29. The molecule has 0 radical (unpaired) electrons. The van der Waals surface area contributed by atoms with E-state index < -0.39 is 0 Å². The van der Waals surface area contributed by atoms with Gasteiger partial charge >= 0.3 is 6.03 Å². The van der Waals surface area contributed by atoms with E-state index >= 15 is 0 Å². The van der Waals surface area contributed by atoms with Gasteiger partial charge in [0.25, 0.3) is 0 Å². The molecule has 1 aliphatic heterocycles. The van der Waals surface area contributed by atoms with Gasteiger partial charge in [-0.05, 0) is 18.4 Å². The van der Waals surface area contributed by atoms with Gasteiger partial charge in [0.05, 0.1) is 6.04 Å². The van der Waals surface area contributed by atoms with E-state index in [0.29, 0.717) is 5.84 Å².